The van der Waals surface area contributed by atoms with Gasteiger partial charge in [0.1, 0.15) is 25.3 Å². The van der Waals surface area contributed by atoms with E-state index >= 15 is 0 Å². The Morgan fingerprint density at radius 2 is 1.92 bits per heavy atom. The number of carbonyl (C=O) groups is 1. The first-order chi connectivity index (χ1) is 11.5. The van der Waals surface area contributed by atoms with E-state index in [4.69, 9.17) is 9.57 Å². The molecule has 0 saturated heterocycles. The van der Waals surface area contributed by atoms with Crippen LogP contribution in [0.1, 0.15) is 11.1 Å². The van der Waals surface area contributed by atoms with Crippen molar-refractivity contribution in [2.75, 3.05) is 21.2 Å². The summed E-state index contributed by atoms with van der Waals surface area (Å²) in [6.45, 7) is 0.170. The first-order valence-electron chi connectivity index (χ1n) is 7.32. The maximum atomic E-state index is 13.2. The van der Waals surface area contributed by atoms with Crippen molar-refractivity contribution in [1.82, 2.24) is 4.90 Å². The molecule has 2 aromatic carbocycles. The van der Waals surface area contributed by atoms with Crippen LogP contribution in [-0.2, 0) is 16.2 Å². The zero-order valence-corrected chi connectivity index (χ0v) is 13.8. The molecule has 0 unspecified atom stereocenters. The molecule has 0 aliphatic carbocycles. The third-order valence-electron chi connectivity index (χ3n) is 3.25. The molecule has 0 aliphatic rings. The first-order valence-corrected chi connectivity index (χ1v) is 7.32. The number of ether oxygens (including phenoxy) is 1. The maximum Gasteiger partial charge on any atom is 0.276 e. The van der Waals surface area contributed by atoms with E-state index < -0.39 is 0 Å². The molecule has 126 valence electrons. The fourth-order valence-corrected chi connectivity index (χ4v) is 2.10. The van der Waals surface area contributed by atoms with Crippen molar-refractivity contribution in [1.29, 1.82) is 0 Å². The smallest absolute Gasteiger partial charge is 0.276 e. The highest BCUT2D eigenvalue weighted by atomic mass is 19.1. The van der Waals surface area contributed by atoms with Gasteiger partial charge in [0.05, 0.1) is 0 Å². The highest BCUT2D eigenvalue weighted by Gasteiger charge is 2.20. The van der Waals surface area contributed by atoms with Crippen LogP contribution in [0.25, 0.3) is 0 Å². The molecule has 0 radical (unpaired) electrons. The maximum absolute atomic E-state index is 13.2. The Morgan fingerprint density at radius 1 is 1.17 bits per heavy atom. The van der Waals surface area contributed by atoms with Crippen molar-refractivity contribution in [2.45, 2.75) is 6.61 Å². The molecule has 24 heavy (non-hydrogen) atoms. The van der Waals surface area contributed by atoms with E-state index in [1.54, 1.807) is 38.4 Å². The second-order valence-electron chi connectivity index (χ2n) is 5.23. The summed E-state index contributed by atoms with van der Waals surface area (Å²) in [6.07, 6.45) is 0. The first kappa shape index (κ1) is 17.5. The molecule has 5 nitrogen and oxygen atoms in total. The van der Waals surface area contributed by atoms with Crippen LogP contribution >= 0.6 is 0 Å². The Labute approximate surface area is 140 Å². The molecule has 0 aromatic heterocycles. The molecular formula is C18H19FN2O3. The van der Waals surface area contributed by atoms with Crippen molar-refractivity contribution in [2.24, 2.45) is 5.16 Å². The van der Waals surface area contributed by atoms with Gasteiger partial charge in [0, 0.05) is 25.7 Å². The number of hydrogen-bond donors (Lipinski definition) is 0. The lowest BCUT2D eigenvalue weighted by atomic mass is 10.0. The number of nitrogens with zero attached hydrogens (tertiary/aromatic N) is 2. The zero-order valence-electron chi connectivity index (χ0n) is 13.8. The molecule has 2 rings (SSSR count). The third-order valence-corrected chi connectivity index (χ3v) is 3.25. The predicted octanol–water partition coefficient (Wildman–Crippen LogP) is 2.84. The van der Waals surface area contributed by atoms with Crippen LogP contribution in [-0.4, -0.2) is 37.7 Å². The SMILES string of the molecule is CON=C(C(=O)N(C)C)c1ccccc1COc1cccc(F)c1. The van der Waals surface area contributed by atoms with Gasteiger partial charge in [-0.2, -0.15) is 0 Å². The van der Waals surface area contributed by atoms with Crippen molar-refractivity contribution < 1.29 is 18.8 Å². The lowest BCUT2D eigenvalue weighted by Crippen LogP contribution is -2.31. The molecule has 0 N–H and O–H groups in total. The fraction of sp³-hybridized carbons (Fsp3) is 0.222. The molecule has 0 aliphatic heterocycles. The largest absolute Gasteiger partial charge is 0.489 e. The van der Waals surface area contributed by atoms with Crippen LogP contribution in [0.15, 0.2) is 53.7 Å². The molecule has 6 heteroatoms. The second-order valence-corrected chi connectivity index (χ2v) is 5.23. The van der Waals surface area contributed by atoms with Crippen LogP contribution in [0.2, 0.25) is 0 Å². The van der Waals surface area contributed by atoms with E-state index in [0.717, 1.165) is 5.56 Å². The Balaban J connectivity index is 2.29. The second kappa shape index (κ2) is 8.10. The number of amides is 1. The Hall–Kier alpha value is -2.89. The van der Waals surface area contributed by atoms with E-state index in [1.165, 1.54) is 24.1 Å². The van der Waals surface area contributed by atoms with Crippen molar-refractivity contribution in [3.05, 3.63) is 65.5 Å². The quantitative estimate of drug-likeness (QED) is 0.604. The molecule has 0 saturated carbocycles. The van der Waals surface area contributed by atoms with E-state index in [9.17, 15) is 9.18 Å². The van der Waals surface area contributed by atoms with Gasteiger partial charge in [-0.25, -0.2) is 4.39 Å². The molecule has 1 amide bonds. The van der Waals surface area contributed by atoms with Gasteiger partial charge in [0.25, 0.3) is 5.91 Å². The summed E-state index contributed by atoms with van der Waals surface area (Å²) < 4.78 is 18.9. The average molecular weight is 330 g/mol. The summed E-state index contributed by atoms with van der Waals surface area (Å²) in [5, 5.41) is 3.86. The van der Waals surface area contributed by atoms with Crippen LogP contribution in [0.3, 0.4) is 0 Å². The number of carbonyl (C=O) groups excluding carboxylic acids is 1. The highest BCUT2D eigenvalue weighted by Crippen LogP contribution is 2.17. The Kier molecular flexibility index (Phi) is 5.89. The average Bonchev–Trinajstić information content (AvgIpc) is 2.57. The monoisotopic (exact) mass is 330 g/mol. The van der Waals surface area contributed by atoms with Gasteiger partial charge in [0.2, 0.25) is 0 Å². The van der Waals surface area contributed by atoms with E-state index in [0.29, 0.717) is 11.3 Å². The highest BCUT2D eigenvalue weighted by molar-refractivity contribution is 6.45. The third kappa shape index (κ3) is 4.32. The summed E-state index contributed by atoms with van der Waals surface area (Å²) in [6, 6.07) is 13.1. The summed E-state index contributed by atoms with van der Waals surface area (Å²) in [5.41, 5.74) is 1.53. The Bertz CT molecular complexity index is 745. The topological polar surface area (TPSA) is 51.1 Å². The summed E-state index contributed by atoms with van der Waals surface area (Å²) in [4.78, 5) is 18.6. The summed E-state index contributed by atoms with van der Waals surface area (Å²) >= 11 is 0. The normalized spacial score (nSPS) is 11.1. The number of likely N-dealkylation sites (N-methyl/N-ethyl adjacent to an activating group) is 1. The number of benzene rings is 2. The number of oxime groups is 1. The lowest BCUT2D eigenvalue weighted by Gasteiger charge is -2.15. The van der Waals surface area contributed by atoms with Gasteiger partial charge >= 0.3 is 0 Å². The van der Waals surface area contributed by atoms with Gasteiger partial charge < -0.3 is 14.5 Å². The molecule has 0 bridgehead atoms. The van der Waals surface area contributed by atoms with Crippen molar-refractivity contribution in [3.8, 4) is 5.75 Å². The molecular weight excluding hydrogens is 311 g/mol. The minimum absolute atomic E-state index is 0.170. The van der Waals surface area contributed by atoms with Gasteiger partial charge in [-0.1, -0.05) is 35.5 Å². The summed E-state index contributed by atoms with van der Waals surface area (Å²) in [7, 11) is 4.66. The number of rotatable bonds is 6. The molecule has 2 aromatic rings. The lowest BCUT2D eigenvalue weighted by molar-refractivity contribution is -0.121. The fourth-order valence-electron chi connectivity index (χ4n) is 2.10. The van der Waals surface area contributed by atoms with Crippen LogP contribution in [0, 0.1) is 5.82 Å². The molecule has 0 fully saturated rings. The van der Waals surface area contributed by atoms with Gasteiger partial charge in [-0.3, -0.25) is 4.79 Å². The minimum atomic E-state index is -0.370. The van der Waals surface area contributed by atoms with Crippen LogP contribution in [0.4, 0.5) is 4.39 Å². The van der Waals surface area contributed by atoms with E-state index in [-0.39, 0.29) is 24.0 Å². The van der Waals surface area contributed by atoms with Crippen molar-refractivity contribution >= 4 is 11.6 Å². The van der Waals surface area contributed by atoms with Gasteiger partial charge in [0.15, 0.2) is 5.71 Å². The van der Waals surface area contributed by atoms with Crippen LogP contribution in [0.5, 0.6) is 5.75 Å². The number of halogens is 1. The van der Waals surface area contributed by atoms with E-state index in [2.05, 4.69) is 5.16 Å². The summed E-state index contributed by atoms with van der Waals surface area (Å²) in [5.74, 6) is -0.241. The molecule has 0 heterocycles. The van der Waals surface area contributed by atoms with Gasteiger partial charge in [-0.15, -0.1) is 0 Å². The van der Waals surface area contributed by atoms with Crippen molar-refractivity contribution in [3.63, 3.8) is 0 Å². The molecule has 0 atom stereocenters. The van der Waals surface area contributed by atoms with E-state index in [1.807, 2.05) is 12.1 Å². The van der Waals surface area contributed by atoms with Crippen LogP contribution < -0.4 is 4.74 Å². The molecule has 0 spiro atoms. The number of hydrogen-bond acceptors (Lipinski definition) is 4. The zero-order chi connectivity index (χ0) is 17.5. The minimum Gasteiger partial charge on any atom is -0.489 e. The van der Waals surface area contributed by atoms with Gasteiger partial charge in [-0.05, 0) is 17.7 Å². The predicted molar refractivity (Wildman–Crippen MR) is 89.4 cm³/mol. The Morgan fingerprint density at radius 3 is 2.58 bits per heavy atom. The standard InChI is InChI=1S/C18H19FN2O3/c1-21(2)18(22)17(20-23-3)16-10-5-4-7-13(16)12-24-15-9-6-8-14(19)11-15/h4-11H,12H2,1-3H3.